The number of hydrogen-bond acceptors (Lipinski definition) is 4. The smallest absolute Gasteiger partial charge is 0.248 e. The summed E-state index contributed by atoms with van der Waals surface area (Å²) in [5.41, 5.74) is -0.616. The lowest BCUT2D eigenvalue weighted by molar-refractivity contribution is 0.102. The molecule has 0 amide bonds. The molecule has 66 valence electrons. The quantitative estimate of drug-likeness (QED) is 0.554. The Hall–Kier alpha value is -0.130. The molecule has 5 heteroatoms. The zero-order valence-corrected chi connectivity index (χ0v) is 7.48. The van der Waals surface area contributed by atoms with Crippen molar-refractivity contribution in [3.8, 4) is 0 Å². The Morgan fingerprint density at radius 1 is 1.36 bits per heavy atom. The minimum Gasteiger partial charge on any atom is -0.248 e. The zero-order valence-electron chi connectivity index (χ0n) is 6.66. The van der Waals surface area contributed by atoms with E-state index in [1.165, 1.54) is 0 Å². The van der Waals surface area contributed by atoms with Gasteiger partial charge in [0.1, 0.15) is 0 Å². The molecule has 0 aromatic carbocycles. The summed E-state index contributed by atoms with van der Waals surface area (Å²) >= 11 is 0. The average Bonchev–Trinajstić information content (AvgIpc) is 1.86. The van der Waals surface area contributed by atoms with Gasteiger partial charge in [-0.3, -0.25) is 0 Å². The second kappa shape index (κ2) is 2.73. The van der Waals surface area contributed by atoms with E-state index >= 15 is 0 Å². The largest absolute Gasteiger partial charge is 0.400 e. The van der Waals surface area contributed by atoms with Gasteiger partial charge < -0.3 is 0 Å². The van der Waals surface area contributed by atoms with Gasteiger partial charge in [0, 0.05) is 0 Å². The molecule has 0 aromatic rings. The van der Waals surface area contributed by atoms with Gasteiger partial charge >= 0.3 is 10.4 Å². The van der Waals surface area contributed by atoms with E-state index in [1.807, 2.05) is 0 Å². The van der Waals surface area contributed by atoms with Gasteiger partial charge in [0.25, 0.3) is 0 Å². The first-order chi connectivity index (χ1) is 4.91. The molecule has 4 nitrogen and oxygen atoms in total. The first-order valence-corrected chi connectivity index (χ1v) is 4.85. The van der Waals surface area contributed by atoms with Crippen molar-refractivity contribution in [2.75, 3.05) is 6.61 Å². The first-order valence-electron chi connectivity index (χ1n) is 3.51. The summed E-state index contributed by atoms with van der Waals surface area (Å²) in [6.45, 7) is 3.70. The van der Waals surface area contributed by atoms with Crippen molar-refractivity contribution >= 4 is 10.4 Å². The van der Waals surface area contributed by atoms with E-state index in [-0.39, 0.29) is 6.61 Å². The summed E-state index contributed by atoms with van der Waals surface area (Å²) in [5, 5.41) is 0. The Kier molecular flexibility index (Phi) is 2.22. The maximum Gasteiger partial charge on any atom is 0.400 e. The van der Waals surface area contributed by atoms with Gasteiger partial charge in [0.05, 0.1) is 12.2 Å². The Labute approximate surface area is 66.8 Å². The van der Waals surface area contributed by atoms with Gasteiger partial charge in [-0.15, -0.1) is 0 Å². The fourth-order valence-electron chi connectivity index (χ4n) is 1.00. The van der Waals surface area contributed by atoms with Crippen LogP contribution >= 0.6 is 0 Å². The van der Waals surface area contributed by atoms with E-state index in [4.69, 9.17) is 4.18 Å². The maximum absolute atomic E-state index is 10.8. The van der Waals surface area contributed by atoms with Crippen LogP contribution in [0.2, 0.25) is 0 Å². The summed E-state index contributed by atoms with van der Waals surface area (Å²) in [4.78, 5) is 0. The van der Waals surface area contributed by atoms with Crippen LogP contribution in [0.1, 0.15) is 26.7 Å². The maximum atomic E-state index is 10.8. The molecule has 1 saturated heterocycles. The van der Waals surface area contributed by atoms with Crippen molar-refractivity contribution in [2.45, 2.75) is 32.3 Å². The molecule has 1 rings (SSSR count). The van der Waals surface area contributed by atoms with Crippen LogP contribution < -0.4 is 0 Å². The fraction of sp³-hybridized carbons (Fsp3) is 1.00. The molecule has 0 atom stereocenters. The molecule has 1 heterocycles. The van der Waals surface area contributed by atoms with Gasteiger partial charge in [-0.05, 0) is 26.7 Å². The molecule has 0 saturated carbocycles. The van der Waals surface area contributed by atoms with Gasteiger partial charge in [-0.1, -0.05) is 0 Å². The summed E-state index contributed by atoms with van der Waals surface area (Å²) in [7, 11) is -3.73. The topological polar surface area (TPSA) is 52.6 Å². The minimum absolute atomic E-state index is 0.228. The van der Waals surface area contributed by atoms with Crippen LogP contribution in [-0.4, -0.2) is 20.6 Å². The van der Waals surface area contributed by atoms with Gasteiger partial charge in [0.2, 0.25) is 0 Å². The third-order valence-electron chi connectivity index (χ3n) is 1.48. The van der Waals surface area contributed by atoms with E-state index in [9.17, 15) is 8.42 Å². The Morgan fingerprint density at radius 2 is 2.00 bits per heavy atom. The van der Waals surface area contributed by atoms with E-state index in [1.54, 1.807) is 13.8 Å². The standard InChI is InChI=1S/C6H12O4S/c1-6(2)4-3-5-9-11(7,8)10-6/h3-5H2,1-2H3. The monoisotopic (exact) mass is 180 g/mol. The second-order valence-electron chi connectivity index (χ2n) is 3.18. The van der Waals surface area contributed by atoms with Gasteiger partial charge in [-0.25, -0.2) is 8.37 Å². The van der Waals surface area contributed by atoms with Crippen molar-refractivity contribution in [3.63, 3.8) is 0 Å². The first kappa shape index (κ1) is 8.96. The molecule has 0 aliphatic carbocycles. The third kappa shape index (κ3) is 2.76. The van der Waals surface area contributed by atoms with Crippen LogP contribution in [0.5, 0.6) is 0 Å². The van der Waals surface area contributed by atoms with Crippen LogP contribution in [0.15, 0.2) is 0 Å². The minimum atomic E-state index is -3.73. The van der Waals surface area contributed by atoms with E-state index in [2.05, 4.69) is 4.18 Å². The highest BCUT2D eigenvalue weighted by Gasteiger charge is 2.30. The zero-order chi connectivity index (χ0) is 8.54. The summed E-state index contributed by atoms with van der Waals surface area (Å²) in [6.07, 6.45) is 1.42. The third-order valence-corrected chi connectivity index (χ3v) is 2.59. The van der Waals surface area contributed by atoms with Crippen LogP contribution in [0, 0.1) is 0 Å². The summed E-state index contributed by atoms with van der Waals surface area (Å²) < 4.78 is 30.9. The van der Waals surface area contributed by atoms with Crippen LogP contribution in [0.3, 0.4) is 0 Å². The average molecular weight is 180 g/mol. The normalized spacial score (nSPS) is 29.3. The molecule has 1 fully saturated rings. The number of rotatable bonds is 0. The molecular formula is C6H12O4S. The Bertz CT molecular complexity index is 229. The van der Waals surface area contributed by atoms with E-state index in [0.717, 1.165) is 0 Å². The summed E-state index contributed by atoms with van der Waals surface area (Å²) in [5.74, 6) is 0. The molecule has 0 spiro atoms. The van der Waals surface area contributed by atoms with Crippen LogP contribution in [-0.2, 0) is 18.8 Å². The van der Waals surface area contributed by atoms with E-state index in [0.29, 0.717) is 12.8 Å². The lowest BCUT2D eigenvalue weighted by Gasteiger charge is -2.19. The highest BCUT2D eigenvalue weighted by Crippen LogP contribution is 2.23. The van der Waals surface area contributed by atoms with Crippen molar-refractivity contribution < 1.29 is 16.8 Å². The molecule has 0 radical (unpaired) electrons. The highest BCUT2D eigenvalue weighted by atomic mass is 32.3. The van der Waals surface area contributed by atoms with Crippen LogP contribution in [0.4, 0.5) is 0 Å². The lowest BCUT2D eigenvalue weighted by Crippen LogP contribution is -2.25. The van der Waals surface area contributed by atoms with Crippen LogP contribution in [0.25, 0.3) is 0 Å². The van der Waals surface area contributed by atoms with Gasteiger partial charge in [-0.2, -0.15) is 8.42 Å². The van der Waals surface area contributed by atoms with Crippen molar-refractivity contribution in [3.05, 3.63) is 0 Å². The fourth-order valence-corrected chi connectivity index (χ4v) is 2.01. The van der Waals surface area contributed by atoms with Crippen molar-refractivity contribution in [1.82, 2.24) is 0 Å². The molecule has 1 aliphatic rings. The molecule has 0 unspecified atom stereocenters. The van der Waals surface area contributed by atoms with Gasteiger partial charge in [0.15, 0.2) is 0 Å². The SMILES string of the molecule is CC1(C)CCCOS(=O)(=O)O1. The summed E-state index contributed by atoms with van der Waals surface area (Å²) in [6, 6.07) is 0. The molecule has 0 N–H and O–H groups in total. The predicted molar refractivity (Wildman–Crippen MR) is 39.3 cm³/mol. The lowest BCUT2D eigenvalue weighted by atomic mass is 10.0. The second-order valence-corrected chi connectivity index (χ2v) is 4.40. The molecular weight excluding hydrogens is 168 g/mol. The number of hydrogen-bond donors (Lipinski definition) is 0. The van der Waals surface area contributed by atoms with E-state index < -0.39 is 16.0 Å². The van der Waals surface area contributed by atoms with Crippen molar-refractivity contribution in [2.24, 2.45) is 0 Å². The van der Waals surface area contributed by atoms with Crippen molar-refractivity contribution in [1.29, 1.82) is 0 Å². The Balaban J connectivity index is 2.78. The molecule has 0 aromatic heterocycles. The predicted octanol–water partition coefficient (Wildman–Crippen LogP) is 0.837. The Morgan fingerprint density at radius 3 is 2.64 bits per heavy atom. The highest BCUT2D eigenvalue weighted by molar-refractivity contribution is 7.81. The molecule has 11 heavy (non-hydrogen) atoms. The molecule has 1 aliphatic heterocycles. The molecule has 0 bridgehead atoms.